The molecule has 0 bridgehead atoms. The van der Waals surface area contributed by atoms with Crippen LogP contribution in [0.15, 0.2) is 30.6 Å². The first-order valence-electron chi connectivity index (χ1n) is 8.37. The highest BCUT2D eigenvalue weighted by Crippen LogP contribution is 2.23. The van der Waals surface area contributed by atoms with Crippen molar-refractivity contribution in [3.63, 3.8) is 0 Å². The molecule has 0 N–H and O–H groups in total. The van der Waals surface area contributed by atoms with E-state index in [1.807, 2.05) is 12.1 Å². The van der Waals surface area contributed by atoms with Crippen molar-refractivity contribution in [3.8, 4) is 11.4 Å². The van der Waals surface area contributed by atoms with Crippen LogP contribution in [0.2, 0.25) is 0 Å². The van der Waals surface area contributed by atoms with Gasteiger partial charge in [0.15, 0.2) is 5.82 Å². The number of hydrogen-bond donors (Lipinski definition) is 0. The number of pyridine rings is 1. The molecule has 0 spiro atoms. The van der Waals surface area contributed by atoms with E-state index in [4.69, 9.17) is 14.5 Å². The van der Waals surface area contributed by atoms with Crippen molar-refractivity contribution in [2.24, 2.45) is 0 Å². The number of methoxy groups -OCH3 is 1. The van der Waals surface area contributed by atoms with Gasteiger partial charge >= 0.3 is 0 Å². The summed E-state index contributed by atoms with van der Waals surface area (Å²) in [4.78, 5) is 15.8. The van der Waals surface area contributed by atoms with Crippen molar-refractivity contribution in [1.82, 2.24) is 15.0 Å². The number of aromatic nitrogens is 3. The second-order valence-corrected chi connectivity index (χ2v) is 6.06. The van der Waals surface area contributed by atoms with Gasteiger partial charge in [-0.15, -0.1) is 0 Å². The quantitative estimate of drug-likeness (QED) is 0.839. The minimum Gasteiger partial charge on any atom is -0.382 e. The smallest absolute Gasteiger partial charge is 0.161 e. The van der Waals surface area contributed by atoms with E-state index in [-0.39, 0.29) is 12.2 Å². The Morgan fingerprint density at radius 1 is 1.25 bits per heavy atom. The molecule has 3 rings (SSSR count). The molecule has 0 saturated carbocycles. The minimum atomic E-state index is 0.0585. The monoisotopic (exact) mass is 328 g/mol. The van der Waals surface area contributed by atoms with Gasteiger partial charge in [0, 0.05) is 49.9 Å². The van der Waals surface area contributed by atoms with Gasteiger partial charge in [-0.25, -0.2) is 9.97 Å². The van der Waals surface area contributed by atoms with Crippen molar-refractivity contribution >= 4 is 5.82 Å². The summed E-state index contributed by atoms with van der Waals surface area (Å²) in [5.74, 6) is 1.69. The van der Waals surface area contributed by atoms with Gasteiger partial charge in [0.2, 0.25) is 0 Å². The van der Waals surface area contributed by atoms with Gasteiger partial charge in [0.05, 0.1) is 18.8 Å². The van der Waals surface area contributed by atoms with E-state index >= 15 is 0 Å². The molecule has 128 valence electrons. The maximum atomic E-state index is 5.93. The van der Waals surface area contributed by atoms with E-state index < -0.39 is 0 Å². The normalized spacial score (nSPS) is 21.0. The lowest BCUT2D eigenvalue weighted by atomic mass is 10.2. The number of nitrogens with zero attached hydrogens (tertiary/aromatic N) is 4. The summed E-state index contributed by atoms with van der Waals surface area (Å²) in [6, 6.07) is 5.95. The van der Waals surface area contributed by atoms with Crippen LogP contribution in [0.1, 0.15) is 19.5 Å². The van der Waals surface area contributed by atoms with E-state index in [1.165, 1.54) is 0 Å². The number of ether oxygens (including phenoxy) is 2. The number of morpholine rings is 1. The zero-order chi connectivity index (χ0) is 16.9. The Labute approximate surface area is 142 Å². The van der Waals surface area contributed by atoms with Crippen LogP contribution in [-0.2, 0) is 15.9 Å². The van der Waals surface area contributed by atoms with E-state index in [9.17, 15) is 0 Å². The predicted molar refractivity (Wildman–Crippen MR) is 93.1 cm³/mol. The average Bonchev–Trinajstić information content (AvgIpc) is 2.62. The van der Waals surface area contributed by atoms with Crippen molar-refractivity contribution in [1.29, 1.82) is 0 Å². The van der Waals surface area contributed by atoms with Crippen LogP contribution < -0.4 is 4.90 Å². The molecule has 2 atom stereocenters. The summed E-state index contributed by atoms with van der Waals surface area (Å²) in [5.41, 5.74) is 2.02. The van der Waals surface area contributed by atoms with Gasteiger partial charge in [0.1, 0.15) is 5.82 Å². The lowest BCUT2D eigenvalue weighted by Gasteiger charge is -2.37. The SMILES string of the molecule is CCc1cc(N2CC(C)OC(COC)C2)nc(-c2ccncc2)n1. The Balaban J connectivity index is 1.92. The Morgan fingerprint density at radius 2 is 2.04 bits per heavy atom. The molecule has 0 aliphatic carbocycles. The fourth-order valence-corrected chi connectivity index (χ4v) is 2.97. The molecule has 2 unspecified atom stereocenters. The summed E-state index contributed by atoms with van der Waals surface area (Å²) in [7, 11) is 1.70. The minimum absolute atomic E-state index is 0.0585. The van der Waals surface area contributed by atoms with E-state index in [1.54, 1.807) is 19.5 Å². The van der Waals surface area contributed by atoms with Crippen molar-refractivity contribution in [2.75, 3.05) is 31.7 Å². The van der Waals surface area contributed by atoms with Crippen LogP contribution >= 0.6 is 0 Å². The van der Waals surface area contributed by atoms with Crippen LogP contribution in [0.3, 0.4) is 0 Å². The molecule has 3 heterocycles. The highest BCUT2D eigenvalue weighted by Gasteiger charge is 2.26. The third-order valence-corrected chi connectivity index (χ3v) is 4.07. The largest absolute Gasteiger partial charge is 0.382 e. The second-order valence-electron chi connectivity index (χ2n) is 6.06. The Hall–Kier alpha value is -2.05. The van der Waals surface area contributed by atoms with Crippen LogP contribution in [-0.4, -0.2) is 54.0 Å². The molecule has 1 aliphatic heterocycles. The number of anilines is 1. The van der Waals surface area contributed by atoms with Gasteiger partial charge in [-0.1, -0.05) is 6.92 Å². The van der Waals surface area contributed by atoms with Crippen molar-refractivity contribution in [2.45, 2.75) is 32.5 Å². The maximum absolute atomic E-state index is 5.93. The van der Waals surface area contributed by atoms with Gasteiger partial charge in [-0.3, -0.25) is 4.98 Å². The van der Waals surface area contributed by atoms with Crippen LogP contribution in [0.5, 0.6) is 0 Å². The lowest BCUT2D eigenvalue weighted by molar-refractivity contribution is -0.0512. The van der Waals surface area contributed by atoms with E-state index in [0.29, 0.717) is 6.61 Å². The molecule has 0 aromatic carbocycles. The third kappa shape index (κ3) is 3.88. The van der Waals surface area contributed by atoms with Crippen LogP contribution in [0.4, 0.5) is 5.82 Å². The standard InChI is InChI=1S/C18H24N4O2/c1-4-15-9-17(21-18(20-15)14-5-7-19-8-6-14)22-10-13(2)24-16(11-22)12-23-3/h5-9,13,16H,4,10-12H2,1-3H3. The highest BCUT2D eigenvalue weighted by atomic mass is 16.5. The van der Waals surface area contributed by atoms with Crippen LogP contribution in [0, 0.1) is 0 Å². The summed E-state index contributed by atoms with van der Waals surface area (Å²) in [6.45, 7) is 6.37. The zero-order valence-electron chi connectivity index (χ0n) is 14.5. The number of aryl methyl sites for hydroxylation is 1. The maximum Gasteiger partial charge on any atom is 0.161 e. The van der Waals surface area contributed by atoms with Gasteiger partial charge in [-0.05, 0) is 25.5 Å². The first-order chi connectivity index (χ1) is 11.7. The Bertz CT molecular complexity index is 665. The molecular formula is C18H24N4O2. The highest BCUT2D eigenvalue weighted by molar-refractivity contribution is 5.57. The van der Waals surface area contributed by atoms with E-state index in [2.05, 4.69) is 34.8 Å². The Morgan fingerprint density at radius 3 is 2.75 bits per heavy atom. The molecule has 6 nitrogen and oxygen atoms in total. The summed E-state index contributed by atoms with van der Waals surface area (Å²) >= 11 is 0. The van der Waals surface area contributed by atoms with Crippen LogP contribution in [0.25, 0.3) is 11.4 Å². The molecule has 2 aromatic rings. The predicted octanol–water partition coefficient (Wildman–Crippen LogP) is 2.34. The molecule has 0 amide bonds. The summed E-state index contributed by atoms with van der Waals surface area (Å²) in [6.07, 6.45) is 4.60. The first kappa shape index (κ1) is 16.8. The summed E-state index contributed by atoms with van der Waals surface area (Å²) in [5, 5.41) is 0. The third-order valence-electron chi connectivity index (χ3n) is 4.07. The molecule has 1 aliphatic rings. The average molecular weight is 328 g/mol. The second kappa shape index (κ2) is 7.68. The summed E-state index contributed by atoms with van der Waals surface area (Å²) < 4.78 is 11.2. The zero-order valence-corrected chi connectivity index (χ0v) is 14.5. The lowest BCUT2D eigenvalue weighted by Crippen LogP contribution is -2.48. The molecule has 1 saturated heterocycles. The first-order valence-corrected chi connectivity index (χ1v) is 8.37. The van der Waals surface area contributed by atoms with Gasteiger partial charge in [-0.2, -0.15) is 0 Å². The molecule has 2 aromatic heterocycles. The number of rotatable bonds is 5. The molecule has 1 fully saturated rings. The molecular weight excluding hydrogens is 304 g/mol. The van der Waals surface area contributed by atoms with Crippen molar-refractivity contribution < 1.29 is 9.47 Å². The van der Waals surface area contributed by atoms with Gasteiger partial charge < -0.3 is 14.4 Å². The fraction of sp³-hybridized carbons (Fsp3) is 0.500. The molecule has 24 heavy (non-hydrogen) atoms. The molecule has 6 heteroatoms. The van der Waals surface area contributed by atoms with Gasteiger partial charge in [0.25, 0.3) is 0 Å². The van der Waals surface area contributed by atoms with E-state index in [0.717, 1.165) is 42.4 Å². The number of hydrogen-bond acceptors (Lipinski definition) is 6. The van der Waals surface area contributed by atoms with Crippen molar-refractivity contribution in [3.05, 3.63) is 36.3 Å². The Kier molecular flexibility index (Phi) is 5.37. The molecule has 0 radical (unpaired) electrons. The topological polar surface area (TPSA) is 60.4 Å². The fourth-order valence-electron chi connectivity index (χ4n) is 2.97.